The molecule has 0 bridgehead atoms. The van der Waals surface area contributed by atoms with Gasteiger partial charge in [-0.3, -0.25) is 14.9 Å². The van der Waals surface area contributed by atoms with Crippen molar-refractivity contribution in [3.05, 3.63) is 71.8 Å². The van der Waals surface area contributed by atoms with Crippen LogP contribution in [0.2, 0.25) is 0 Å². The van der Waals surface area contributed by atoms with Gasteiger partial charge in [-0.05, 0) is 23.3 Å². The molecule has 2 N–H and O–H groups in total. The number of methoxy groups -OCH3 is 1. The maximum absolute atomic E-state index is 12.7. The van der Waals surface area contributed by atoms with Crippen molar-refractivity contribution < 1.29 is 23.2 Å². The smallest absolute Gasteiger partial charge is 0.265 e. The van der Waals surface area contributed by atoms with Gasteiger partial charge in [0.05, 0.1) is 12.9 Å². The summed E-state index contributed by atoms with van der Waals surface area (Å²) in [5, 5.41) is 9.15. The SMILES string of the molecule is COc1ccc(C=CCS(=O)(=O)N2CCN(C(C(=O)NO)c3ccccc3)CC2)cc1. The summed E-state index contributed by atoms with van der Waals surface area (Å²) in [4.78, 5) is 14.1. The van der Waals surface area contributed by atoms with Crippen molar-refractivity contribution in [3.63, 3.8) is 0 Å². The van der Waals surface area contributed by atoms with E-state index in [2.05, 4.69) is 0 Å². The maximum atomic E-state index is 12.7. The van der Waals surface area contributed by atoms with Gasteiger partial charge in [0.1, 0.15) is 11.8 Å². The first kappa shape index (κ1) is 23.0. The number of sulfonamides is 1. The van der Waals surface area contributed by atoms with Gasteiger partial charge in [0.15, 0.2) is 0 Å². The number of benzene rings is 2. The quantitative estimate of drug-likeness (QED) is 0.476. The van der Waals surface area contributed by atoms with Crippen LogP contribution in [-0.2, 0) is 14.8 Å². The fourth-order valence-electron chi connectivity index (χ4n) is 3.59. The lowest BCUT2D eigenvalue weighted by Gasteiger charge is -2.37. The molecule has 1 amide bonds. The fourth-order valence-corrected chi connectivity index (χ4v) is 4.86. The first-order valence-electron chi connectivity index (χ1n) is 9.96. The predicted octanol–water partition coefficient (Wildman–Crippen LogP) is 1.90. The van der Waals surface area contributed by atoms with Crippen LogP contribution in [0.1, 0.15) is 17.2 Å². The molecule has 1 aliphatic heterocycles. The molecule has 166 valence electrons. The van der Waals surface area contributed by atoms with Crippen molar-refractivity contribution in [3.8, 4) is 5.75 Å². The minimum absolute atomic E-state index is 0.0989. The van der Waals surface area contributed by atoms with Crippen molar-refractivity contribution in [2.24, 2.45) is 0 Å². The number of amides is 1. The molecule has 31 heavy (non-hydrogen) atoms. The summed E-state index contributed by atoms with van der Waals surface area (Å²) in [6.45, 7) is 1.32. The molecule has 1 saturated heterocycles. The third kappa shape index (κ3) is 5.92. The van der Waals surface area contributed by atoms with E-state index in [1.54, 1.807) is 24.7 Å². The monoisotopic (exact) mass is 445 g/mol. The normalized spacial score (nSPS) is 16.8. The number of ether oxygens (including phenoxy) is 1. The molecule has 1 atom stereocenters. The Labute approximate surface area is 182 Å². The zero-order chi connectivity index (χ0) is 22.3. The van der Waals surface area contributed by atoms with Gasteiger partial charge in [0.25, 0.3) is 5.91 Å². The van der Waals surface area contributed by atoms with E-state index < -0.39 is 22.0 Å². The standard InChI is InChI=1S/C22H27N3O5S/c1-30-20-11-9-18(10-12-20)6-5-17-31(28,29)25-15-13-24(14-16-25)21(22(26)23-27)19-7-3-2-4-8-19/h2-12,21,27H,13-17H2,1H3,(H,23,26). The Morgan fingerprint density at radius 1 is 1.10 bits per heavy atom. The Morgan fingerprint density at radius 3 is 2.32 bits per heavy atom. The molecule has 1 aliphatic rings. The molecule has 0 radical (unpaired) electrons. The van der Waals surface area contributed by atoms with E-state index in [1.165, 1.54) is 4.31 Å². The number of carbonyl (C=O) groups is 1. The number of hydrogen-bond donors (Lipinski definition) is 2. The highest BCUT2D eigenvalue weighted by atomic mass is 32.2. The molecule has 8 nitrogen and oxygen atoms in total. The first-order chi connectivity index (χ1) is 14.9. The van der Waals surface area contributed by atoms with Gasteiger partial charge in [0, 0.05) is 26.2 Å². The fraction of sp³-hybridized carbons (Fsp3) is 0.318. The summed E-state index contributed by atoms with van der Waals surface area (Å²) in [7, 11) is -1.87. The summed E-state index contributed by atoms with van der Waals surface area (Å²) in [5.41, 5.74) is 3.36. The van der Waals surface area contributed by atoms with Crippen molar-refractivity contribution in [1.82, 2.24) is 14.7 Å². The molecule has 1 fully saturated rings. The second kappa shape index (κ2) is 10.5. The summed E-state index contributed by atoms with van der Waals surface area (Å²) >= 11 is 0. The lowest BCUT2D eigenvalue weighted by molar-refractivity contribution is -0.135. The number of carbonyl (C=O) groups excluding carboxylic acids is 1. The molecule has 0 spiro atoms. The maximum Gasteiger partial charge on any atom is 0.265 e. The van der Waals surface area contributed by atoms with Crippen LogP contribution in [0.4, 0.5) is 0 Å². The molecule has 2 aromatic carbocycles. The average molecular weight is 446 g/mol. The number of nitrogens with zero attached hydrogens (tertiary/aromatic N) is 2. The van der Waals surface area contributed by atoms with Gasteiger partial charge in [-0.2, -0.15) is 4.31 Å². The number of rotatable bonds is 8. The molecule has 2 aromatic rings. The largest absolute Gasteiger partial charge is 0.497 e. The highest BCUT2D eigenvalue weighted by Crippen LogP contribution is 2.23. The Kier molecular flexibility index (Phi) is 7.80. The third-order valence-electron chi connectivity index (χ3n) is 5.24. The molecule has 1 heterocycles. The van der Waals surface area contributed by atoms with Gasteiger partial charge < -0.3 is 4.74 Å². The molecule has 9 heteroatoms. The highest BCUT2D eigenvalue weighted by molar-refractivity contribution is 7.89. The lowest BCUT2D eigenvalue weighted by Crippen LogP contribution is -2.52. The van der Waals surface area contributed by atoms with Crippen LogP contribution in [-0.4, -0.2) is 67.8 Å². The second-order valence-electron chi connectivity index (χ2n) is 7.18. The van der Waals surface area contributed by atoms with E-state index in [4.69, 9.17) is 9.94 Å². The minimum atomic E-state index is -3.46. The van der Waals surface area contributed by atoms with Crippen molar-refractivity contribution >= 4 is 22.0 Å². The highest BCUT2D eigenvalue weighted by Gasteiger charge is 2.33. The van der Waals surface area contributed by atoms with Gasteiger partial charge in [-0.1, -0.05) is 54.6 Å². The van der Waals surface area contributed by atoms with E-state index in [0.29, 0.717) is 13.1 Å². The molecule has 0 aromatic heterocycles. The molecule has 1 unspecified atom stereocenters. The molecule has 0 saturated carbocycles. The van der Waals surface area contributed by atoms with Crippen LogP contribution in [0.15, 0.2) is 60.7 Å². The van der Waals surface area contributed by atoms with Crippen molar-refractivity contribution in [1.29, 1.82) is 0 Å². The zero-order valence-electron chi connectivity index (χ0n) is 17.3. The molecular formula is C22H27N3O5S. The Hall–Kier alpha value is -2.72. The van der Waals surface area contributed by atoms with Crippen LogP contribution in [0.25, 0.3) is 6.08 Å². The Bertz CT molecular complexity index is 986. The van der Waals surface area contributed by atoms with Crippen LogP contribution in [0.5, 0.6) is 5.75 Å². The number of hydroxylamine groups is 1. The Morgan fingerprint density at radius 2 is 1.74 bits per heavy atom. The summed E-state index contributed by atoms with van der Waals surface area (Å²) in [6, 6.07) is 15.8. The topological polar surface area (TPSA) is 99.2 Å². The number of hydrogen-bond acceptors (Lipinski definition) is 6. The van der Waals surface area contributed by atoms with Gasteiger partial charge in [0.2, 0.25) is 10.0 Å². The van der Waals surface area contributed by atoms with Crippen LogP contribution >= 0.6 is 0 Å². The van der Waals surface area contributed by atoms with Crippen molar-refractivity contribution in [2.75, 3.05) is 39.0 Å². The number of nitrogens with one attached hydrogen (secondary N) is 1. The van der Waals surface area contributed by atoms with E-state index >= 15 is 0 Å². The first-order valence-corrected chi connectivity index (χ1v) is 11.6. The van der Waals surface area contributed by atoms with E-state index in [1.807, 2.05) is 59.5 Å². The third-order valence-corrected chi connectivity index (χ3v) is 7.00. The summed E-state index contributed by atoms with van der Waals surface area (Å²) in [5.74, 6) is 0.106. The molecular weight excluding hydrogens is 418 g/mol. The minimum Gasteiger partial charge on any atom is -0.497 e. The lowest BCUT2D eigenvalue weighted by atomic mass is 10.0. The van der Waals surface area contributed by atoms with E-state index in [-0.39, 0.29) is 18.8 Å². The second-order valence-corrected chi connectivity index (χ2v) is 9.19. The number of piperazine rings is 1. The van der Waals surface area contributed by atoms with Gasteiger partial charge in [-0.15, -0.1) is 0 Å². The van der Waals surface area contributed by atoms with E-state index in [0.717, 1.165) is 16.9 Å². The Balaban J connectivity index is 1.60. The van der Waals surface area contributed by atoms with Crippen LogP contribution in [0.3, 0.4) is 0 Å². The summed E-state index contributed by atoms with van der Waals surface area (Å²) < 4.78 is 32.0. The zero-order valence-corrected chi connectivity index (χ0v) is 18.2. The van der Waals surface area contributed by atoms with Gasteiger partial charge >= 0.3 is 0 Å². The molecule has 3 rings (SSSR count). The summed E-state index contributed by atoms with van der Waals surface area (Å²) in [6.07, 6.45) is 3.40. The van der Waals surface area contributed by atoms with E-state index in [9.17, 15) is 13.2 Å². The van der Waals surface area contributed by atoms with Gasteiger partial charge in [-0.25, -0.2) is 13.9 Å². The average Bonchev–Trinajstić information content (AvgIpc) is 2.80. The molecule has 0 aliphatic carbocycles. The predicted molar refractivity (Wildman–Crippen MR) is 118 cm³/mol. The van der Waals surface area contributed by atoms with Crippen LogP contribution in [0, 0.1) is 0 Å². The van der Waals surface area contributed by atoms with Crippen molar-refractivity contribution in [2.45, 2.75) is 6.04 Å². The van der Waals surface area contributed by atoms with Crippen LogP contribution < -0.4 is 10.2 Å².